The predicted octanol–water partition coefficient (Wildman–Crippen LogP) is 3.34. The van der Waals surface area contributed by atoms with Crippen molar-refractivity contribution in [1.29, 1.82) is 0 Å². The van der Waals surface area contributed by atoms with Crippen LogP contribution in [0, 0.1) is 6.92 Å². The largest absolute Gasteiger partial charge is 0.352 e. The fraction of sp³-hybridized carbons (Fsp3) is 0.391. The van der Waals surface area contributed by atoms with Crippen molar-refractivity contribution < 1.29 is 13.2 Å². The van der Waals surface area contributed by atoms with E-state index in [0.29, 0.717) is 25.2 Å². The van der Waals surface area contributed by atoms with Gasteiger partial charge in [0.25, 0.3) is 5.91 Å². The zero-order valence-electron chi connectivity index (χ0n) is 17.8. The molecule has 3 aromatic rings. The van der Waals surface area contributed by atoms with Gasteiger partial charge in [-0.05, 0) is 56.5 Å². The molecule has 0 saturated carbocycles. The first-order valence-electron chi connectivity index (χ1n) is 10.8. The maximum atomic E-state index is 12.9. The molecule has 1 N–H and O–H groups in total. The van der Waals surface area contributed by atoms with E-state index >= 15 is 0 Å². The number of benzene rings is 2. The van der Waals surface area contributed by atoms with E-state index in [1.54, 1.807) is 18.2 Å². The topological polar surface area (TPSA) is 84.3 Å². The Hall–Kier alpha value is -2.71. The Morgan fingerprint density at radius 3 is 2.65 bits per heavy atom. The van der Waals surface area contributed by atoms with Crippen molar-refractivity contribution in [1.82, 2.24) is 19.2 Å². The van der Waals surface area contributed by atoms with Gasteiger partial charge in [-0.3, -0.25) is 4.79 Å². The number of nitrogens with zero attached hydrogens (tertiary/aromatic N) is 3. The number of hydrogen-bond acceptors (Lipinski definition) is 4. The van der Waals surface area contributed by atoms with Crippen molar-refractivity contribution in [2.24, 2.45) is 0 Å². The molecule has 0 unspecified atom stereocenters. The Bertz CT molecular complexity index is 1180. The van der Waals surface area contributed by atoms with Crippen molar-refractivity contribution in [3.05, 3.63) is 59.9 Å². The molecule has 2 aromatic carbocycles. The lowest BCUT2D eigenvalue weighted by Gasteiger charge is -2.26. The van der Waals surface area contributed by atoms with Gasteiger partial charge in [-0.1, -0.05) is 24.6 Å². The highest BCUT2D eigenvalue weighted by molar-refractivity contribution is 7.89. The molecule has 0 spiro atoms. The van der Waals surface area contributed by atoms with Crippen LogP contribution in [-0.4, -0.2) is 47.8 Å². The number of para-hydroxylation sites is 2. The summed E-state index contributed by atoms with van der Waals surface area (Å²) in [6.45, 7) is 4.30. The average Bonchev–Trinajstić information content (AvgIpc) is 3.12. The van der Waals surface area contributed by atoms with Gasteiger partial charge >= 0.3 is 0 Å². The molecule has 1 aromatic heterocycles. The van der Waals surface area contributed by atoms with E-state index in [-0.39, 0.29) is 10.8 Å². The number of rotatable bonds is 7. The highest BCUT2D eigenvalue weighted by atomic mass is 32.2. The monoisotopic (exact) mass is 440 g/mol. The van der Waals surface area contributed by atoms with Gasteiger partial charge in [0.15, 0.2) is 0 Å². The molecular formula is C23H28N4O3S. The molecule has 0 radical (unpaired) electrons. The molecule has 0 bridgehead atoms. The van der Waals surface area contributed by atoms with Crippen LogP contribution in [0.5, 0.6) is 0 Å². The van der Waals surface area contributed by atoms with E-state index in [4.69, 9.17) is 0 Å². The van der Waals surface area contributed by atoms with Gasteiger partial charge in [0.2, 0.25) is 10.0 Å². The fourth-order valence-electron chi connectivity index (χ4n) is 4.07. The first-order valence-corrected chi connectivity index (χ1v) is 12.2. The lowest BCUT2D eigenvalue weighted by molar-refractivity contribution is 0.0952. The van der Waals surface area contributed by atoms with Crippen LogP contribution in [0.25, 0.3) is 11.0 Å². The SMILES string of the molecule is Cc1nc2ccccc2n1CCCNC(=O)c1cccc(S(=O)(=O)N2CCCCC2)c1. The minimum atomic E-state index is -3.56. The number of piperidine rings is 1. The Morgan fingerprint density at radius 1 is 1.06 bits per heavy atom. The van der Waals surface area contributed by atoms with Gasteiger partial charge in [-0.2, -0.15) is 4.31 Å². The van der Waals surface area contributed by atoms with E-state index in [0.717, 1.165) is 49.1 Å². The number of hydrogen-bond donors (Lipinski definition) is 1. The van der Waals surface area contributed by atoms with Crippen LogP contribution in [0.1, 0.15) is 41.9 Å². The van der Waals surface area contributed by atoms with E-state index < -0.39 is 10.0 Å². The lowest BCUT2D eigenvalue weighted by atomic mass is 10.2. The number of aromatic nitrogens is 2. The fourth-order valence-corrected chi connectivity index (χ4v) is 5.63. The number of carbonyl (C=O) groups excluding carboxylic acids is 1. The number of nitrogens with one attached hydrogen (secondary N) is 1. The lowest BCUT2D eigenvalue weighted by Crippen LogP contribution is -2.35. The van der Waals surface area contributed by atoms with Gasteiger partial charge in [0, 0.05) is 31.7 Å². The summed E-state index contributed by atoms with van der Waals surface area (Å²) in [5.74, 6) is 0.686. The first kappa shape index (κ1) is 21.5. The summed E-state index contributed by atoms with van der Waals surface area (Å²) >= 11 is 0. The van der Waals surface area contributed by atoms with Gasteiger partial charge in [0.05, 0.1) is 15.9 Å². The Labute approximate surface area is 183 Å². The van der Waals surface area contributed by atoms with Crippen molar-refractivity contribution >= 4 is 27.0 Å². The molecule has 1 fully saturated rings. The van der Waals surface area contributed by atoms with E-state index in [2.05, 4.69) is 14.9 Å². The Balaban J connectivity index is 1.37. The van der Waals surface area contributed by atoms with Crippen molar-refractivity contribution in [2.75, 3.05) is 19.6 Å². The molecule has 4 rings (SSSR count). The normalized spacial score (nSPS) is 15.3. The third kappa shape index (κ3) is 4.65. The number of amides is 1. The zero-order chi connectivity index (χ0) is 21.8. The summed E-state index contributed by atoms with van der Waals surface area (Å²) in [7, 11) is -3.56. The molecular weight excluding hydrogens is 412 g/mol. The maximum absolute atomic E-state index is 12.9. The second kappa shape index (κ2) is 9.20. The minimum Gasteiger partial charge on any atom is -0.352 e. The van der Waals surface area contributed by atoms with Crippen LogP contribution >= 0.6 is 0 Å². The standard InChI is InChI=1S/C23H28N4O3S/c1-18-25-21-11-3-4-12-22(21)27(18)16-8-13-24-23(28)19-9-7-10-20(17-19)31(29,30)26-14-5-2-6-15-26/h3-4,7,9-12,17H,2,5-6,8,13-16H2,1H3,(H,24,28). The Kier molecular flexibility index (Phi) is 6.38. The molecule has 0 atom stereocenters. The van der Waals surface area contributed by atoms with Crippen molar-refractivity contribution in [3.63, 3.8) is 0 Å². The summed E-state index contributed by atoms with van der Waals surface area (Å²) in [6, 6.07) is 14.3. The van der Waals surface area contributed by atoms with Crippen molar-refractivity contribution in [3.8, 4) is 0 Å². The Morgan fingerprint density at radius 2 is 1.84 bits per heavy atom. The van der Waals surface area contributed by atoms with Crippen LogP contribution in [0.4, 0.5) is 0 Å². The third-order valence-electron chi connectivity index (χ3n) is 5.74. The summed E-state index contributed by atoms with van der Waals surface area (Å²) in [5, 5.41) is 2.91. The quantitative estimate of drug-likeness (QED) is 0.571. The van der Waals surface area contributed by atoms with Crippen LogP contribution in [0.3, 0.4) is 0 Å². The van der Waals surface area contributed by atoms with Crippen LogP contribution in [0.2, 0.25) is 0 Å². The summed E-state index contributed by atoms with van der Waals surface area (Å²) in [6.07, 6.45) is 3.57. The minimum absolute atomic E-state index is 0.183. The molecule has 164 valence electrons. The second-order valence-electron chi connectivity index (χ2n) is 7.90. The van der Waals surface area contributed by atoms with E-state index in [1.807, 2.05) is 31.2 Å². The number of aryl methyl sites for hydroxylation is 2. The van der Waals surface area contributed by atoms with Gasteiger partial charge in [0.1, 0.15) is 5.82 Å². The first-order chi connectivity index (χ1) is 15.0. The number of carbonyl (C=O) groups is 1. The predicted molar refractivity (Wildman–Crippen MR) is 120 cm³/mol. The highest BCUT2D eigenvalue weighted by Crippen LogP contribution is 2.21. The third-order valence-corrected chi connectivity index (χ3v) is 7.63. The molecule has 1 saturated heterocycles. The zero-order valence-corrected chi connectivity index (χ0v) is 18.6. The van der Waals surface area contributed by atoms with Gasteiger partial charge in [-0.25, -0.2) is 13.4 Å². The van der Waals surface area contributed by atoms with E-state index in [1.165, 1.54) is 10.4 Å². The molecule has 8 heteroatoms. The molecule has 7 nitrogen and oxygen atoms in total. The molecule has 1 aliphatic heterocycles. The van der Waals surface area contributed by atoms with E-state index in [9.17, 15) is 13.2 Å². The summed E-state index contributed by atoms with van der Waals surface area (Å²) < 4.78 is 29.4. The molecule has 0 aliphatic carbocycles. The molecule has 31 heavy (non-hydrogen) atoms. The van der Waals surface area contributed by atoms with Crippen molar-refractivity contribution in [2.45, 2.75) is 44.0 Å². The molecule has 1 amide bonds. The highest BCUT2D eigenvalue weighted by Gasteiger charge is 2.26. The number of imidazole rings is 1. The summed E-state index contributed by atoms with van der Waals surface area (Å²) in [4.78, 5) is 17.3. The van der Waals surface area contributed by atoms with Gasteiger partial charge < -0.3 is 9.88 Å². The van der Waals surface area contributed by atoms with Crippen LogP contribution in [0.15, 0.2) is 53.4 Å². The average molecular weight is 441 g/mol. The number of sulfonamides is 1. The van der Waals surface area contributed by atoms with Crippen LogP contribution < -0.4 is 5.32 Å². The van der Waals surface area contributed by atoms with Gasteiger partial charge in [-0.15, -0.1) is 0 Å². The number of fused-ring (bicyclic) bond motifs is 1. The molecule has 1 aliphatic rings. The maximum Gasteiger partial charge on any atom is 0.251 e. The smallest absolute Gasteiger partial charge is 0.251 e. The molecule has 2 heterocycles. The van der Waals surface area contributed by atoms with Crippen LogP contribution in [-0.2, 0) is 16.6 Å². The summed E-state index contributed by atoms with van der Waals surface area (Å²) in [5.41, 5.74) is 2.42. The second-order valence-corrected chi connectivity index (χ2v) is 9.84.